The number of para-hydroxylation sites is 1. The second-order valence-corrected chi connectivity index (χ2v) is 6.01. The molecular formula is C21H19N3O. The summed E-state index contributed by atoms with van der Waals surface area (Å²) in [4.78, 5) is 19.6. The van der Waals surface area contributed by atoms with E-state index in [-0.39, 0.29) is 5.91 Å². The van der Waals surface area contributed by atoms with Crippen molar-refractivity contribution in [2.24, 2.45) is 4.99 Å². The Kier molecular flexibility index (Phi) is 4.17. The average molecular weight is 329 g/mol. The highest BCUT2D eigenvalue weighted by molar-refractivity contribution is 6.15. The van der Waals surface area contributed by atoms with Gasteiger partial charge in [-0.1, -0.05) is 54.6 Å². The third-order valence-electron chi connectivity index (χ3n) is 4.38. The van der Waals surface area contributed by atoms with E-state index in [1.807, 2.05) is 72.8 Å². The number of fused-ring (bicyclic) bond motifs is 1. The Morgan fingerprint density at radius 2 is 1.72 bits per heavy atom. The molecule has 0 bridgehead atoms. The van der Waals surface area contributed by atoms with Gasteiger partial charge in [0.1, 0.15) is 5.84 Å². The SMILES string of the molecule is O=C(c1cccc2ccccc12)N(CC1=NCCN1)c1ccccc1. The maximum absolute atomic E-state index is 13.4. The Labute approximate surface area is 146 Å². The predicted octanol–water partition coefficient (Wildman–Crippen LogP) is 3.49. The molecule has 0 spiro atoms. The molecule has 4 nitrogen and oxygen atoms in total. The van der Waals surface area contributed by atoms with E-state index in [0.717, 1.165) is 35.4 Å². The first kappa shape index (κ1) is 15.4. The number of amides is 1. The van der Waals surface area contributed by atoms with Crippen LogP contribution in [0.15, 0.2) is 77.8 Å². The fourth-order valence-electron chi connectivity index (χ4n) is 3.15. The Balaban J connectivity index is 1.76. The summed E-state index contributed by atoms with van der Waals surface area (Å²) in [6.07, 6.45) is 0. The van der Waals surface area contributed by atoms with Crippen LogP contribution in [0.5, 0.6) is 0 Å². The summed E-state index contributed by atoms with van der Waals surface area (Å²) >= 11 is 0. The summed E-state index contributed by atoms with van der Waals surface area (Å²) in [5.74, 6) is 0.844. The molecule has 1 aliphatic heterocycles. The van der Waals surface area contributed by atoms with Crippen LogP contribution in [0.3, 0.4) is 0 Å². The number of aliphatic imine (C=N–C) groups is 1. The van der Waals surface area contributed by atoms with Crippen molar-refractivity contribution in [2.75, 3.05) is 24.5 Å². The summed E-state index contributed by atoms with van der Waals surface area (Å²) < 4.78 is 0. The van der Waals surface area contributed by atoms with Crippen molar-refractivity contribution in [2.45, 2.75) is 0 Å². The first-order valence-electron chi connectivity index (χ1n) is 8.45. The smallest absolute Gasteiger partial charge is 0.259 e. The molecule has 124 valence electrons. The number of rotatable bonds is 4. The highest BCUT2D eigenvalue weighted by atomic mass is 16.2. The number of nitrogens with one attached hydrogen (secondary N) is 1. The zero-order valence-electron chi connectivity index (χ0n) is 13.9. The molecule has 0 saturated carbocycles. The molecule has 0 saturated heterocycles. The second kappa shape index (κ2) is 6.77. The molecular weight excluding hydrogens is 310 g/mol. The largest absolute Gasteiger partial charge is 0.370 e. The monoisotopic (exact) mass is 329 g/mol. The maximum atomic E-state index is 13.4. The fraction of sp³-hybridized carbons (Fsp3) is 0.143. The number of carbonyl (C=O) groups is 1. The molecule has 0 atom stereocenters. The standard InChI is InChI=1S/C21H19N3O/c25-21(19-12-6-8-16-7-4-5-11-18(16)19)24(15-20-22-13-14-23-20)17-9-2-1-3-10-17/h1-12H,13-15H2,(H,22,23). The number of nitrogens with zero attached hydrogens (tertiary/aromatic N) is 2. The van der Waals surface area contributed by atoms with Crippen LogP contribution in [0.25, 0.3) is 10.8 Å². The third kappa shape index (κ3) is 3.11. The van der Waals surface area contributed by atoms with E-state index in [9.17, 15) is 4.79 Å². The van der Waals surface area contributed by atoms with Crippen LogP contribution in [0.1, 0.15) is 10.4 Å². The molecule has 0 radical (unpaired) electrons. The molecule has 4 rings (SSSR count). The van der Waals surface area contributed by atoms with E-state index in [0.29, 0.717) is 12.1 Å². The quantitative estimate of drug-likeness (QED) is 0.796. The molecule has 1 N–H and O–H groups in total. The maximum Gasteiger partial charge on any atom is 0.259 e. The molecule has 4 heteroatoms. The van der Waals surface area contributed by atoms with Crippen LogP contribution < -0.4 is 10.2 Å². The first-order valence-corrected chi connectivity index (χ1v) is 8.45. The van der Waals surface area contributed by atoms with Gasteiger partial charge in [0.25, 0.3) is 5.91 Å². The number of benzene rings is 3. The van der Waals surface area contributed by atoms with E-state index >= 15 is 0 Å². The number of hydrogen-bond donors (Lipinski definition) is 1. The molecule has 3 aromatic carbocycles. The molecule has 1 heterocycles. The highest BCUT2D eigenvalue weighted by Crippen LogP contribution is 2.23. The summed E-state index contributed by atoms with van der Waals surface area (Å²) in [6.45, 7) is 2.05. The van der Waals surface area contributed by atoms with Crippen molar-refractivity contribution >= 4 is 28.2 Å². The van der Waals surface area contributed by atoms with E-state index in [4.69, 9.17) is 0 Å². The zero-order chi connectivity index (χ0) is 17.1. The van der Waals surface area contributed by atoms with Gasteiger partial charge in [0.05, 0.1) is 13.1 Å². The summed E-state index contributed by atoms with van der Waals surface area (Å²) in [5, 5.41) is 5.29. The van der Waals surface area contributed by atoms with E-state index in [1.54, 1.807) is 4.90 Å². The van der Waals surface area contributed by atoms with Gasteiger partial charge in [-0.15, -0.1) is 0 Å². The lowest BCUT2D eigenvalue weighted by molar-refractivity contribution is 0.0992. The molecule has 0 aliphatic carbocycles. The van der Waals surface area contributed by atoms with Gasteiger partial charge in [-0.3, -0.25) is 9.79 Å². The lowest BCUT2D eigenvalue weighted by atomic mass is 10.0. The zero-order valence-corrected chi connectivity index (χ0v) is 13.9. The molecule has 0 aromatic heterocycles. The first-order chi connectivity index (χ1) is 12.3. The van der Waals surface area contributed by atoms with Gasteiger partial charge >= 0.3 is 0 Å². The van der Waals surface area contributed by atoms with Crippen molar-refractivity contribution in [3.05, 3.63) is 78.4 Å². The minimum absolute atomic E-state index is 0.0144. The van der Waals surface area contributed by atoms with Gasteiger partial charge in [-0.2, -0.15) is 0 Å². The number of anilines is 1. The Morgan fingerprint density at radius 1 is 0.960 bits per heavy atom. The van der Waals surface area contributed by atoms with Gasteiger partial charge in [0.15, 0.2) is 0 Å². The van der Waals surface area contributed by atoms with Gasteiger partial charge in [0, 0.05) is 17.8 Å². The molecule has 0 unspecified atom stereocenters. The minimum atomic E-state index is -0.0144. The van der Waals surface area contributed by atoms with Crippen LogP contribution in [-0.4, -0.2) is 31.4 Å². The fourth-order valence-corrected chi connectivity index (χ4v) is 3.15. The van der Waals surface area contributed by atoms with Crippen molar-refractivity contribution in [3.8, 4) is 0 Å². The van der Waals surface area contributed by atoms with E-state index < -0.39 is 0 Å². The molecule has 25 heavy (non-hydrogen) atoms. The normalized spacial score (nSPS) is 13.4. The third-order valence-corrected chi connectivity index (χ3v) is 4.38. The Morgan fingerprint density at radius 3 is 2.52 bits per heavy atom. The number of hydrogen-bond acceptors (Lipinski definition) is 3. The molecule has 3 aromatic rings. The Bertz CT molecular complexity index is 929. The lowest BCUT2D eigenvalue weighted by Crippen LogP contribution is -2.39. The number of carbonyl (C=O) groups excluding carboxylic acids is 1. The van der Waals surface area contributed by atoms with Crippen LogP contribution in [0.4, 0.5) is 5.69 Å². The second-order valence-electron chi connectivity index (χ2n) is 6.01. The summed E-state index contributed by atoms with van der Waals surface area (Å²) in [5.41, 5.74) is 1.58. The van der Waals surface area contributed by atoms with Gasteiger partial charge in [-0.05, 0) is 29.0 Å². The predicted molar refractivity (Wildman–Crippen MR) is 102 cm³/mol. The topological polar surface area (TPSA) is 44.7 Å². The van der Waals surface area contributed by atoms with E-state index in [2.05, 4.69) is 10.3 Å². The molecule has 0 fully saturated rings. The van der Waals surface area contributed by atoms with Gasteiger partial charge in [-0.25, -0.2) is 0 Å². The molecule has 1 amide bonds. The van der Waals surface area contributed by atoms with Crippen LogP contribution in [0.2, 0.25) is 0 Å². The van der Waals surface area contributed by atoms with Crippen molar-refractivity contribution in [1.29, 1.82) is 0 Å². The van der Waals surface area contributed by atoms with Crippen LogP contribution >= 0.6 is 0 Å². The van der Waals surface area contributed by atoms with Crippen LogP contribution in [0, 0.1) is 0 Å². The van der Waals surface area contributed by atoms with Gasteiger partial charge in [0.2, 0.25) is 0 Å². The summed E-state index contributed by atoms with van der Waals surface area (Å²) in [6, 6.07) is 23.6. The summed E-state index contributed by atoms with van der Waals surface area (Å²) in [7, 11) is 0. The van der Waals surface area contributed by atoms with Crippen molar-refractivity contribution in [3.63, 3.8) is 0 Å². The van der Waals surface area contributed by atoms with Crippen LogP contribution in [-0.2, 0) is 0 Å². The molecule has 1 aliphatic rings. The number of amidine groups is 1. The highest BCUT2D eigenvalue weighted by Gasteiger charge is 2.22. The van der Waals surface area contributed by atoms with E-state index in [1.165, 1.54) is 0 Å². The van der Waals surface area contributed by atoms with Gasteiger partial charge < -0.3 is 10.2 Å². The lowest BCUT2D eigenvalue weighted by Gasteiger charge is -2.23. The Hall–Kier alpha value is -3.14. The van der Waals surface area contributed by atoms with Crippen molar-refractivity contribution < 1.29 is 4.79 Å². The average Bonchev–Trinajstić information content (AvgIpc) is 3.19. The van der Waals surface area contributed by atoms with Crippen molar-refractivity contribution in [1.82, 2.24) is 5.32 Å². The minimum Gasteiger partial charge on any atom is -0.370 e.